The Kier molecular flexibility index (Phi) is 4.91. The first-order chi connectivity index (χ1) is 8.97. The number of nitrogens with one attached hydrogen (secondary N) is 1. The monoisotopic (exact) mass is 268 g/mol. The quantitative estimate of drug-likeness (QED) is 0.848. The molecule has 1 saturated heterocycles. The molecule has 0 aromatic rings. The van der Waals surface area contributed by atoms with Crippen molar-refractivity contribution in [2.24, 2.45) is 5.41 Å². The smallest absolute Gasteiger partial charge is 0.0703 e. The summed E-state index contributed by atoms with van der Waals surface area (Å²) in [7, 11) is 2.31. The molecule has 112 valence electrons. The normalized spacial score (nSPS) is 38.8. The molecule has 0 spiro atoms. The third kappa shape index (κ3) is 3.14. The first-order valence-electron chi connectivity index (χ1n) is 8.04. The van der Waals surface area contributed by atoms with E-state index in [0.717, 1.165) is 13.2 Å². The predicted molar refractivity (Wildman–Crippen MR) is 80.5 cm³/mol. The van der Waals surface area contributed by atoms with Gasteiger partial charge in [0.05, 0.1) is 6.10 Å². The van der Waals surface area contributed by atoms with Gasteiger partial charge in [-0.05, 0) is 45.2 Å². The van der Waals surface area contributed by atoms with Crippen LogP contribution in [-0.4, -0.2) is 49.3 Å². The summed E-state index contributed by atoms with van der Waals surface area (Å²) in [6, 6.07) is 1.85. The van der Waals surface area contributed by atoms with Crippen LogP contribution in [0.15, 0.2) is 0 Å². The zero-order valence-corrected chi connectivity index (χ0v) is 13.4. The Bertz CT molecular complexity index is 292. The molecule has 0 amide bonds. The Morgan fingerprint density at radius 1 is 1.26 bits per heavy atom. The van der Waals surface area contributed by atoms with E-state index in [0.29, 0.717) is 29.6 Å². The van der Waals surface area contributed by atoms with Crippen LogP contribution in [0.2, 0.25) is 0 Å². The summed E-state index contributed by atoms with van der Waals surface area (Å²) in [5, 5.41) is 3.76. The third-order valence-electron chi connectivity index (χ3n) is 5.35. The predicted octanol–water partition coefficient (Wildman–Crippen LogP) is 2.65. The van der Waals surface area contributed by atoms with Crippen LogP contribution in [0.1, 0.15) is 53.4 Å². The Morgan fingerprint density at radius 2 is 2.00 bits per heavy atom. The van der Waals surface area contributed by atoms with Crippen molar-refractivity contribution in [2.45, 2.75) is 77.6 Å². The third-order valence-corrected chi connectivity index (χ3v) is 5.35. The molecule has 3 nitrogen and oxygen atoms in total. The van der Waals surface area contributed by atoms with Gasteiger partial charge in [0.1, 0.15) is 0 Å². The molecular formula is C16H32N2O. The van der Waals surface area contributed by atoms with Gasteiger partial charge >= 0.3 is 0 Å². The molecule has 1 aliphatic carbocycles. The molecule has 19 heavy (non-hydrogen) atoms. The van der Waals surface area contributed by atoms with Gasteiger partial charge in [-0.25, -0.2) is 0 Å². The molecule has 1 N–H and O–H groups in total. The fourth-order valence-electron chi connectivity index (χ4n) is 4.18. The second kappa shape index (κ2) is 6.11. The Hall–Kier alpha value is -0.120. The number of likely N-dealkylation sites (N-methyl/N-ethyl adjacent to an activating group) is 2. The van der Waals surface area contributed by atoms with E-state index in [1.807, 2.05) is 0 Å². The lowest BCUT2D eigenvalue weighted by atomic mass is 9.70. The summed E-state index contributed by atoms with van der Waals surface area (Å²) in [6.07, 6.45) is 5.59. The van der Waals surface area contributed by atoms with Crippen molar-refractivity contribution in [3.63, 3.8) is 0 Å². The van der Waals surface area contributed by atoms with Crippen LogP contribution < -0.4 is 5.32 Å². The van der Waals surface area contributed by atoms with Crippen LogP contribution in [0.5, 0.6) is 0 Å². The average Bonchev–Trinajstić information content (AvgIpc) is 2.77. The Balaban J connectivity index is 2.11. The number of ether oxygens (including phenoxy) is 1. The van der Waals surface area contributed by atoms with E-state index in [4.69, 9.17) is 4.74 Å². The zero-order valence-electron chi connectivity index (χ0n) is 13.4. The van der Waals surface area contributed by atoms with E-state index in [1.54, 1.807) is 0 Å². The summed E-state index contributed by atoms with van der Waals surface area (Å²) in [5.41, 5.74) is 0.399. The van der Waals surface area contributed by atoms with Gasteiger partial charge in [-0.1, -0.05) is 27.2 Å². The van der Waals surface area contributed by atoms with Gasteiger partial charge in [0, 0.05) is 24.7 Å². The van der Waals surface area contributed by atoms with E-state index in [2.05, 4.69) is 45.0 Å². The summed E-state index contributed by atoms with van der Waals surface area (Å²) in [6.45, 7) is 11.3. The second-order valence-corrected chi connectivity index (χ2v) is 7.08. The van der Waals surface area contributed by atoms with E-state index in [9.17, 15) is 0 Å². The minimum Gasteiger partial charge on any atom is -0.377 e. The zero-order chi connectivity index (χ0) is 14.0. The molecule has 1 saturated carbocycles. The Labute approximate surface area is 119 Å². The van der Waals surface area contributed by atoms with E-state index in [-0.39, 0.29) is 0 Å². The minimum atomic E-state index is 0.386. The molecule has 2 fully saturated rings. The number of hydrogen-bond donors (Lipinski definition) is 1. The number of hydrogen-bond acceptors (Lipinski definition) is 3. The van der Waals surface area contributed by atoms with Crippen molar-refractivity contribution in [3.05, 3.63) is 0 Å². The van der Waals surface area contributed by atoms with Crippen molar-refractivity contribution in [1.82, 2.24) is 10.2 Å². The van der Waals surface area contributed by atoms with Crippen molar-refractivity contribution in [3.8, 4) is 0 Å². The summed E-state index contributed by atoms with van der Waals surface area (Å²) < 4.78 is 5.76. The van der Waals surface area contributed by atoms with Gasteiger partial charge in [0.25, 0.3) is 0 Å². The lowest BCUT2D eigenvalue weighted by Crippen LogP contribution is -2.60. The highest BCUT2D eigenvalue weighted by Gasteiger charge is 2.43. The largest absolute Gasteiger partial charge is 0.377 e. The van der Waals surface area contributed by atoms with Crippen molar-refractivity contribution in [2.75, 3.05) is 20.2 Å². The fourth-order valence-corrected chi connectivity index (χ4v) is 4.18. The molecule has 3 heteroatoms. The van der Waals surface area contributed by atoms with Crippen molar-refractivity contribution >= 4 is 0 Å². The standard InChI is InChI=1S/C16H32N2O/c1-6-17-15-14(8-7-10-16(15,3)4)18(5)13-9-11-19-12(13)2/h12-15,17H,6-11H2,1-5H3. The highest BCUT2D eigenvalue weighted by atomic mass is 16.5. The first kappa shape index (κ1) is 15.3. The highest BCUT2D eigenvalue weighted by Crippen LogP contribution is 2.39. The molecule has 4 atom stereocenters. The molecule has 4 unspecified atom stereocenters. The molecule has 1 heterocycles. The van der Waals surface area contributed by atoms with E-state index >= 15 is 0 Å². The molecule has 2 aliphatic rings. The van der Waals surface area contributed by atoms with Gasteiger partial charge < -0.3 is 10.1 Å². The SMILES string of the molecule is CCNC1C(N(C)C2CCOC2C)CCCC1(C)C. The van der Waals surface area contributed by atoms with Crippen molar-refractivity contribution < 1.29 is 4.74 Å². The van der Waals surface area contributed by atoms with Crippen LogP contribution >= 0.6 is 0 Å². The number of nitrogens with zero attached hydrogens (tertiary/aromatic N) is 1. The Morgan fingerprint density at radius 3 is 2.58 bits per heavy atom. The van der Waals surface area contributed by atoms with Crippen LogP contribution in [0, 0.1) is 5.41 Å². The fraction of sp³-hybridized carbons (Fsp3) is 1.00. The van der Waals surface area contributed by atoms with Gasteiger partial charge in [-0.15, -0.1) is 0 Å². The summed E-state index contributed by atoms with van der Waals surface area (Å²) in [5.74, 6) is 0. The lowest BCUT2D eigenvalue weighted by molar-refractivity contribution is 0.0152. The molecule has 0 aromatic carbocycles. The number of rotatable bonds is 4. The van der Waals surface area contributed by atoms with Crippen LogP contribution in [0.4, 0.5) is 0 Å². The van der Waals surface area contributed by atoms with E-state index < -0.39 is 0 Å². The van der Waals surface area contributed by atoms with Gasteiger partial charge in [-0.3, -0.25) is 4.90 Å². The minimum absolute atomic E-state index is 0.386. The van der Waals surface area contributed by atoms with Gasteiger partial charge in [0.15, 0.2) is 0 Å². The molecule has 0 radical (unpaired) electrons. The molecule has 1 aliphatic heterocycles. The first-order valence-corrected chi connectivity index (χ1v) is 8.04. The maximum atomic E-state index is 5.76. The van der Waals surface area contributed by atoms with Crippen LogP contribution in [0.25, 0.3) is 0 Å². The maximum Gasteiger partial charge on any atom is 0.0703 e. The van der Waals surface area contributed by atoms with Gasteiger partial charge in [0.2, 0.25) is 0 Å². The molecule has 0 bridgehead atoms. The highest BCUT2D eigenvalue weighted by molar-refractivity contribution is 4.99. The van der Waals surface area contributed by atoms with E-state index in [1.165, 1.54) is 25.7 Å². The summed E-state index contributed by atoms with van der Waals surface area (Å²) in [4.78, 5) is 2.62. The summed E-state index contributed by atoms with van der Waals surface area (Å²) >= 11 is 0. The molecule has 2 rings (SSSR count). The average molecular weight is 268 g/mol. The van der Waals surface area contributed by atoms with Gasteiger partial charge in [-0.2, -0.15) is 0 Å². The maximum absolute atomic E-state index is 5.76. The van der Waals surface area contributed by atoms with Crippen LogP contribution in [0.3, 0.4) is 0 Å². The lowest BCUT2D eigenvalue weighted by Gasteiger charge is -2.49. The molecular weight excluding hydrogens is 236 g/mol. The van der Waals surface area contributed by atoms with Crippen LogP contribution in [-0.2, 0) is 4.74 Å². The van der Waals surface area contributed by atoms with Crippen molar-refractivity contribution in [1.29, 1.82) is 0 Å². The topological polar surface area (TPSA) is 24.5 Å². The molecule has 0 aromatic heterocycles. The second-order valence-electron chi connectivity index (χ2n) is 7.08.